The lowest BCUT2D eigenvalue weighted by molar-refractivity contribution is -0.134. The molecule has 0 aliphatic carbocycles. The molecule has 4 atom stereocenters. The summed E-state index contributed by atoms with van der Waals surface area (Å²) in [5, 5.41) is 3.51. The minimum absolute atomic E-state index is 0.00944. The van der Waals surface area contributed by atoms with Crippen molar-refractivity contribution in [1.82, 2.24) is 10.2 Å². The van der Waals surface area contributed by atoms with Gasteiger partial charge in [0.1, 0.15) is 0 Å². The maximum absolute atomic E-state index is 12.6. The average Bonchev–Trinajstić information content (AvgIpc) is 2.85. The van der Waals surface area contributed by atoms with Crippen LogP contribution in [0.1, 0.15) is 47.0 Å². The molecule has 2 rings (SSSR count). The number of nitrogens with zero attached hydrogens (tertiary/aromatic N) is 1. The summed E-state index contributed by atoms with van der Waals surface area (Å²) in [6.45, 7) is 9.33. The fourth-order valence-electron chi connectivity index (χ4n) is 3.14. The lowest BCUT2D eigenvalue weighted by Gasteiger charge is -2.33. The minimum Gasteiger partial charge on any atom is -0.376 e. The summed E-state index contributed by atoms with van der Waals surface area (Å²) < 4.78 is 5.63. The summed E-state index contributed by atoms with van der Waals surface area (Å²) in [6, 6.07) is 0.259. The van der Waals surface area contributed by atoms with Gasteiger partial charge in [0, 0.05) is 6.61 Å². The van der Waals surface area contributed by atoms with Crippen molar-refractivity contribution < 1.29 is 9.53 Å². The summed E-state index contributed by atoms with van der Waals surface area (Å²) in [4.78, 5) is 14.6. The van der Waals surface area contributed by atoms with E-state index in [0.29, 0.717) is 5.92 Å². The van der Waals surface area contributed by atoms with Crippen LogP contribution in [0.3, 0.4) is 0 Å². The first-order valence-electron chi connectivity index (χ1n) is 7.26. The molecule has 18 heavy (non-hydrogen) atoms. The summed E-state index contributed by atoms with van der Waals surface area (Å²) in [5.41, 5.74) is 0. The maximum atomic E-state index is 12.6. The SMILES string of the molecule is CCCC1NC(C(C)C)N(C2CCOC2C)C1=O. The Kier molecular flexibility index (Phi) is 4.28. The molecule has 2 heterocycles. The zero-order valence-electron chi connectivity index (χ0n) is 12.0. The number of rotatable bonds is 4. The molecule has 0 aromatic rings. The van der Waals surface area contributed by atoms with Crippen LogP contribution in [0.25, 0.3) is 0 Å². The number of carbonyl (C=O) groups excluding carboxylic acids is 1. The smallest absolute Gasteiger partial charge is 0.241 e. The van der Waals surface area contributed by atoms with Crippen molar-refractivity contribution >= 4 is 5.91 Å². The first-order chi connectivity index (χ1) is 8.56. The third kappa shape index (κ3) is 2.41. The van der Waals surface area contributed by atoms with E-state index in [4.69, 9.17) is 4.74 Å². The molecule has 2 fully saturated rings. The molecular weight excluding hydrogens is 228 g/mol. The van der Waals surface area contributed by atoms with E-state index in [2.05, 4.69) is 37.9 Å². The molecule has 4 nitrogen and oxygen atoms in total. The second kappa shape index (κ2) is 5.57. The van der Waals surface area contributed by atoms with Crippen molar-refractivity contribution in [1.29, 1.82) is 0 Å². The van der Waals surface area contributed by atoms with Gasteiger partial charge in [0.2, 0.25) is 5.91 Å². The van der Waals surface area contributed by atoms with Crippen LogP contribution in [0.15, 0.2) is 0 Å². The Balaban J connectivity index is 2.16. The van der Waals surface area contributed by atoms with Gasteiger partial charge in [0.15, 0.2) is 0 Å². The van der Waals surface area contributed by atoms with Crippen LogP contribution in [0.4, 0.5) is 0 Å². The van der Waals surface area contributed by atoms with E-state index in [1.807, 2.05) is 0 Å². The van der Waals surface area contributed by atoms with E-state index in [1.54, 1.807) is 0 Å². The highest BCUT2D eigenvalue weighted by Gasteiger charge is 2.45. The Morgan fingerprint density at radius 3 is 2.72 bits per heavy atom. The monoisotopic (exact) mass is 254 g/mol. The topological polar surface area (TPSA) is 41.6 Å². The maximum Gasteiger partial charge on any atom is 0.241 e. The van der Waals surface area contributed by atoms with Crippen molar-refractivity contribution in [2.45, 2.75) is 71.3 Å². The molecule has 2 aliphatic rings. The Hall–Kier alpha value is -0.610. The molecular formula is C14H26N2O2. The average molecular weight is 254 g/mol. The van der Waals surface area contributed by atoms with Crippen LogP contribution < -0.4 is 5.32 Å². The zero-order chi connectivity index (χ0) is 13.3. The molecule has 1 amide bonds. The summed E-state index contributed by atoms with van der Waals surface area (Å²) >= 11 is 0. The van der Waals surface area contributed by atoms with Gasteiger partial charge in [-0.2, -0.15) is 0 Å². The minimum atomic E-state index is 0.00944. The van der Waals surface area contributed by atoms with Crippen molar-refractivity contribution in [2.75, 3.05) is 6.61 Å². The number of amides is 1. The van der Waals surface area contributed by atoms with Gasteiger partial charge in [-0.1, -0.05) is 27.2 Å². The van der Waals surface area contributed by atoms with Gasteiger partial charge in [0.25, 0.3) is 0 Å². The number of hydrogen-bond acceptors (Lipinski definition) is 3. The van der Waals surface area contributed by atoms with Gasteiger partial charge in [-0.05, 0) is 25.7 Å². The molecule has 0 saturated carbocycles. The number of hydrogen-bond donors (Lipinski definition) is 1. The largest absolute Gasteiger partial charge is 0.376 e. The molecule has 2 saturated heterocycles. The highest BCUT2D eigenvalue weighted by Crippen LogP contribution is 2.29. The lowest BCUT2D eigenvalue weighted by Crippen LogP contribution is -2.49. The highest BCUT2D eigenvalue weighted by atomic mass is 16.5. The van der Waals surface area contributed by atoms with Crippen LogP contribution >= 0.6 is 0 Å². The second-order valence-corrected chi connectivity index (χ2v) is 5.87. The third-order valence-electron chi connectivity index (χ3n) is 4.13. The molecule has 0 radical (unpaired) electrons. The van der Waals surface area contributed by atoms with Crippen LogP contribution in [-0.4, -0.2) is 41.8 Å². The molecule has 0 aromatic heterocycles. The fourth-order valence-corrected chi connectivity index (χ4v) is 3.14. The van der Waals surface area contributed by atoms with E-state index >= 15 is 0 Å². The predicted octanol–water partition coefficient (Wildman–Crippen LogP) is 1.75. The zero-order valence-corrected chi connectivity index (χ0v) is 12.0. The van der Waals surface area contributed by atoms with Crippen LogP contribution in [-0.2, 0) is 9.53 Å². The number of ether oxygens (including phenoxy) is 1. The fraction of sp³-hybridized carbons (Fsp3) is 0.929. The van der Waals surface area contributed by atoms with Crippen molar-refractivity contribution in [2.24, 2.45) is 5.92 Å². The van der Waals surface area contributed by atoms with Gasteiger partial charge < -0.3 is 9.64 Å². The predicted molar refractivity (Wildman–Crippen MR) is 71.1 cm³/mol. The Bertz CT molecular complexity index is 306. The summed E-state index contributed by atoms with van der Waals surface area (Å²) in [6.07, 6.45) is 3.27. The molecule has 4 unspecified atom stereocenters. The van der Waals surface area contributed by atoms with Gasteiger partial charge >= 0.3 is 0 Å². The number of carbonyl (C=O) groups is 1. The van der Waals surface area contributed by atoms with Crippen LogP contribution in [0, 0.1) is 5.92 Å². The molecule has 2 aliphatic heterocycles. The highest BCUT2D eigenvalue weighted by molar-refractivity contribution is 5.84. The Labute approximate surface area is 110 Å². The van der Waals surface area contributed by atoms with Gasteiger partial charge in [-0.25, -0.2) is 0 Å². The molecule has 1 N–H and O–H groups in total. The van der Waals surface area contributed by atoms with E-state index < -0.39 is 0 Å². The number of nitrogens with one attached hydrogen (secondary N) is 1. The van der Waals surface area contributed by atoms with Crippen molar-refractivity contribution in [3.05, 3.63) is 0 Å². The molecule has 104 valence electrons. The van der Waals surface area contributed by atoms with Crippen LogP contribution in [0.2, 0.25) is 0 Å². The molecule has 4 heteroatoms. The molecule has 0 spiro atoms. The second-order valence-electron chi connectivity index (χ2n) is 5.87. The van der Waals surface area contributed by atoms with Crippen molar-refractivity contribution in [3.8, 4) is 0 Å². The van der Waals surface area contributed by atoms with E-state index in [9.17, 15) is 4.79 Å². The standard InChI is InChI=1S/C14H26N2O2/c1-5-6-11-14(17)16(13(15-11)9(2)3)12-7-8-18-10(12)4/h9-13,15H,5-8H2,1-4H3. The summed E-state index contributed by atoms with van der Waals surface area (Å²) in [7, 11) is 0. The molecule has 0 bridgehead atoms. The van der Waals surface area contributed by atoms with Gasteiger partial charge in [-0.15, -0.1) is 0 Å². The third-order valence-corrected chi connectivity index (χ3v) is 4.13. The normalized spacial score (nSPS) is 36.9. The van der Waals surface area contributed by atoms with E-state index in [-0.39, 0.29) is 30.3 Å². The Morgan fingerprint density at radius 2 is 2.22 bits per heavy atom. The van der Waals surface area contributed by atoms with E-state index in [0.717, 1.165) is 25.9 Å². The summed E-state index contributed by atoms with van der Waals surface area (Å²) in [5.74, 6) is 0.710. The Morgan fingerprint density at radius 1 is 1.50 bits per heavy atom. The quantitative estimate of drug-likeness (QED) is 0.831. The van der Waals surface area contributed by atoms with Crippen molar-refractivity contribution in [3.63, 3.8) is 0 Å². The first kappa shape index (κ1) is 13.8. The molecule has 0 aromatic carbocycles. The van der Waals surface area contributed by atoms with Gasteiger partial charge in [-0.3, -0.25) is 10.1 Å². The van der Waals surface area contributed by atoms with Gasteiger partial charge in [0.05, 0.1) is 24.4 Å². The first-order valence-corrected chi connectivity index (χ1v) is 7.26. The van der Waals surface area contributed by atoms with E-state index in [1.165, 1.54) is 0 Å². The lowest BCUT2D eigenvalue weighted by atomic mass is 10.1. The van der Waals surface area contributed by atoms with Crippen LogP contribution in [0.5, 0.6) is 0 Å².